The van der Waals surface area contributed by atoms with Gasteiger partial charge in [0.2, 0.25) is 0 Å². The molecule has 0 fully saturated rings. The molecule has 0 bridgehead atoms. The minimum absolute atomic E-state index is 0.147. The highest BCUT2D eigenvalue weighted by molar-refractivity contribution is 6.04. The normalized spacial score (nSPS) is 10.1. The first-order valence-corrected chi connectivity index (χ1v) is 7.35. The largest absolute Gasteiger partial charge is 0.384 e. The lowest BCUT2D eigenvalue weighted by molar-refractivity contribution is 0.102. The third-order valence-electron chi connectivity index (χ3n) is 3.14. The zero-order valence-corrected chi connectivity index (χ0v) is 12.3. The number of aromatic nitrogens is 1. The lowest BCUT2D eigenvalue weighted by Crippen LogP contribution is -2.13. The van der Waals surface area contributed by atoms with Crippen LogP contribution in [-0.2, 0) is 0 Å². The third-order valence-corrected chi connectivity index (χ3v) is 3.14. The molecule has 0 saturated heterocycles. The average molecular weight is 283 g/mol. The molecule has 4 heteroatoms. The SMILES string of the molecule is CCCCCNc1cncc(C(=O)Nc2ccccc2)c1. The number of carbonyl (C=O) groups is 1. The summed E-state index contributed by atoms with van der Waals surface area (Å²) in [5.41, 5.74) is 2.22. The number of amides is 1. The number of nitrogens with zero attached hydrogens (tertiary/aromatic N) is 1. The molecule has 2 aromatic rings. The van der Waals surface area contributed by atoms with Crippen molar-refractivity contribution in [2.45, 2.75) is 26.2 Å². The fraction of sp³-hybridized carbons (Fsp3) is 0.294. The minimum Gasteiger partial charge on any atom is -0.384 e. The molecule has 0 radical (unpaired) electrons. The Morgan fingerprint density at radius 2 is 1.90 bits per heavy atom. The fourth-order valence-electron chi connectivity index (χ4n) is 1.99. The molecule has 1 amide bonds. The Bertz CT molecular complexity index is 569. The van der Waals surface area contributed by atoms with Gasteiger partial charge >= 0.3 is 0 Å². The van der Waals surface area contributed by atoms with Crippen LogP contribution in [0.4, 0.5) is 11.4 Å². The Morgan fingerprint density at radius 1 is 1.10 bits per heavy atom. The zero-order valence-electron chi connectivity index (χ0n) is 12.3. The summed E-state index contributed by atoms with van der Waals surface area (Å²) in [5, 5.41) is 6.15. The molecule has 1 aromatic carbocycles. The van der Waals surface area contributed by atoms with Crippen molar-refractivity contribution in [2.75, 3.05) is 17.2 Å². The van der Waals surface area contributed by atoms with Crippen LogP contribution < -0.4 is 10.6 Å². The molecule has 0 aliphatic rings. The predicted octanol–water partition coefficient (Wildman–Crippen LogP) is 3.94. The summed E-state index contributed by atoms with van der Waals surface area (Å²) in [4.78, 5) is 16.3. The molecule has 21 heavy (non-hydrogen) atoms. The highest BCUT2D eigenvalue weighted by atomic mass is 16.1. The van der Waals surface area contributed by atoms with Gasteiger partial charge in [-0.1, -0.05) is 38.0 Å². The van der Waals surface area contributed by atoms with E-state index in [-0.39, 0.29) is 5.91 Å². The van der Waals surface area contributed by atoms with Gasteiger partial charge in [0, 0.05) is 24.6 Å². The Balaban J connectivity index is 1.95. The van der Waals surface area contributed by atoms with E-state index in [0.717, 1.165) is 24.3 Å². The first-order chi connectivity index (χ1) is 10.3. The molecule has 2 N–H and O–H groups in total. The van der Waals surface area contributed by atoms with Crippen LogP contribution in [0.15, 0.2) is 48.8 Å². The number of para-hydroxylation sites is 1. The molecule has 110 valence electrons. The number of carbonyl (C=O) groups excluding carboxylic acids is 1. The van der Waals surface area contributed by atoms with Gasteiger partial charge in [0.05, 0.1) is 11.3 Å². The smallest absolute Gasteiger partial charge is 0.257 e. The standard InChI is InChI=1S/C17H21N3O/c1-2-3-7-10-19-16-11-14(12-18-13-16)17(21)20-15-8-5-4-6-9-15/h4-6,8-9,11-13,19H,2-3,7,10H2,1H3,(H,20,21). The van der Waals surface area contributed by atoms with Crippen LogP contribution in [0.1, 0.15) is 36.5 Å². The van der Waals surface area contributed by atoms with Crippen LogP contribution in [0.5, 0.6) is 0 Å². The molecule has 0 spiro atoms. The first-order valence-electron chi connectivity index (χ1n) is 7.35. The summed E-state index contributed by atoms with van der Waals surface area (Å²) in [6, 6.07) is 11.2. The van der Waals surface area contributed by atoms with Gasteiger partial charge in [0.1, 0.15) is 0 Å². The molecule has 0 atom stereocenters. The molecule has 0 aliphatic heterocycles. The van der Waals surface area contributed by atoms with Gasteiger partial charge in [0.25, 0.3) is 5.91 Å². The van der Waals surface area contributed by atoms with Crippen molar-refractivity contribution in [3.8, 4) is 0 Å². The molecule has 2 rings (SSSR count). The number of hydrogen-bond donors (Lipinski definition) is 2. The van der Waals surface area contributed by atoms with Crippen molar-refractivity contribution in [1.29, 1.82) is 0 Å². The minimum atomic E-state index is -0.147. The van der Waals surface area contributed by atoms with Gasteiger partial charge in [-0.05, 0) is 24.6 Å². The molecule has 0 saturated carbocycles. The quantitative estimate of drug-likeness (QED) is 0.757. The van der Waals surface area contributed by atoms with Gasteiger partial charge in [-0.3, -0.25) is 9.78 Å². The van der Waals surface area contributed by atoms with E-state index in [4.69, 9.17) is 0 Å². The number of nitrogens with one attached hydrogen (secondary N) is 2. The summed E-state index contributed by atoms with van der Waals surface area (Å²) >= 11 is 0. The number of rotatable bonds is 7. The Morgan fingerprint density at radius 3 is 2.67 bits per heavy atom. The molecular weight excluding hydrogens is 262 g/mol. The van der Waals surface area contributed by atoms with Gasteiger partial charge in [-0.25, -0.2) is 0 Å². The summed E-state index contributed by atoms with van der Waals surface area (Å²) < 4.78 is 0. The zero-order chi connectivity index (χ0) is 14.9. The lowest BCUT2D eigenvalue weighted by atomic mass is 10.2. The predicted molar refractivity (Wildman–Crippen MR) is 86.6 cm³/mol. The summed E-state index contributed by atoms with van der Waals surface area (Å²) in [6.45, 7) is 3.08. The van der Waals surface area contributed by atoms with Crippen molar-refractivity contribution in [2.24, 2.45) is 0 Å². The Labute approximate surface area is 125 Å². The molecule has 0 aliphatic carbocycles. The third kappa shape index (κ3) is 4.91. The molecule has 1 heterocycles. The average Bonchev–Trinajstić information content (AvgIpc) is 2.53. The summed E-state index contributed by atoms with van der Waals surface area (Å²) in [6.07, 6.45) is 6.84. The Kier molecular flexibility index (Phi) is 5.76. The monoisotopic (exact) mass is 283 g/mol. The second kappa shape index (κ2) is 8.04. The van der Waals surface area contributed by atoms with E-state index in [0.29, 0.717) is 5.56 Å². The van der Waals surface area contributed by atoms with Crippen LogP contribution >= 0.6 is 0 Å². The second-order valence-corrected chi connectivity index (χ2v) is 4.92. The van der Waals surface area contributed by atoms with Crippen LogP contribution in [0.25, 0.3) is 0 Å². The van der Waals surface area contributed by atoms with Crippen LogP contribution in [-0.4, -0.2) is 17.4 Å². The van der Waals surface area contributed by atoms with Crippen LogP contribution in [0, 0.1) is 0 Å². The number of pyridine rings is 1. The topological polar surface area (TPSA) is 54.0 Å². The molecule has 4 nitrogen and oxygen atoms in total. The molecular formula is C17H21N3O. The van der Waals surface area contributed by atoms with Crippen LogP contribution in [0.2, 0.25) is 0 Å². The molecule has 0 unspecified atom stereocenters. The fourth-order valence-corrected chi connectivity index (χ4v) is 1.99. The maximum atomic E-state index is 12.2. The van der Waals surface area contributed by atoms with E-state index in [1.54, 1.807) is 12.4 Å². The number of unbranched alkanes of at least 4 members (excludes halogenated alkanes) is 2. The summed E-state index contributed by atoms with van der Waals surface area (Å²) in [7, 11) is 0. The maximum absolute atomic E-state index is 12.2. The number of anilines is 2. The Hall–Kier alpha value is -2.36. The highest BCUT2D eigenvalue weighted by Gasteiger charge is 2.07. The first kappa shape index (κ1) is 15.0. The lowest BCUT2D eigenvalue weighted by Gasteiger charge is -2.08. The van der Waals surface area contributed by atoms with Crippen molar-refractivity contribution in [3.05, 3.63) is 54.4 Å². The maximum Gasteiger partial charge on any atom is 0.257 e. The van der Waals surface area contributed by atoms with Gasteiger partial charge in [0.15, 0.2) is 0 Å². The van der Waals surface area contributed by atoms with E-state index in [1.165, 1.54) is 12.8 Å². The van der Waals surface area contributed by atoms with Crippen molar-refractivity contribution in [3.63, 3.8) is 0 Å². The summed E-state index contributed by atoms with van der Waals surface area (Å²) in [5.74, 6) is -0.147. The second-order valence-electron chi connectivity index (χ2n) is 4.92. The van der Waals surface area contributed by atoms with E-state index >= 15 is 0 Å². The number of benzene rings is 1. The van der Waals surface area contributed by atoms with E-state index in [9.17, 15) is 4.79 Å². The molecule has 1 aromatic heterocycles. The van der Waals surface area contributed by atoms with Crippen molar-refractivity contribution in [1.82, 2.24) is 4.98 Å². The van der Waals surface area contributed by atoms with Crippen molar-refractivity contribution < 1.29 is 4.79 Å². The number of hydrogen-bond acceptors (Lipinski definition) is 3. The van der Waals surface area contributed by atoms with Crippen LogP contribution in [0.3, 0.4) is 0 Å². The van der Waals surface area contributed by atoms with Gasteiger partial charge in [-0.2, -0.15) is 0 Å². The van der Waals surface area contributed by atoms with E-state index in [2.05, 4.69) is 22.5 Å². The van der Waals surface area contributed by atoms with Crippen molar-refractivity contribution >= 4 is 17.3 Å². The van der Waals surface area contributed by atoms with Gasteiger partial charge in [-0.15, -0.1) is 0 Å². The van der Waals surface area contributed by atoms with Gasteiger partial charge < -0.3 is 10.6 Å². The van der Waals surface area contributed by atoms with E-state index in [1.807, 2.05) is 36.4 Å². The highest BCUT2D eigenvalue weighted by Crippen LogP contribution is 2.12. The van der Waals surface area contributed by atoms with E-state index < -0.39 is 0 Å².